The van der Waals surface area contributed by atoms with Crippen LogP contribution in [0.2, 0.25) is 0 Å². The lowest BCUT2D eigenvalue weighted by Crippen LogP contribution is -2.49. The average Bonchev–Trinajstić information content (AvgIpc) is 2.60. The summed E-state index contributed by atoms with van der Waals surface area (Å²) in [6.07, 6.45) is -1.44. The molecule has 0 radical (unpaired) electrons. The van der Waals surface area contributed by atoms with Gasteiger partial charge in [0.2, 0.25) is 0 Å². The van der Waals surface area contributed by atoms with Crippen molar-refractivity contribution in [1.82, 2.24) is 19.9 Å². The first-order valence-electron chi connectivity index (χ1n) is 7.82. The second-order valence-electron chi connectivity index (χ2n) is 5.83. The quantitative estimate of drug-likeness (QED) is 0.734. The molecule has 138 valence electrons. The molecular weight excluding hydrogens is 415 g/mol. The van der Waals surface area contributed by atoms with Crippen molar-refractivity contribution in [2.45, 2.75) is 13.1 Å². The molecule has 0 saturated carbocycles. The molecule has 0 atom stereocenters. The maximum atomic E-state index is 12.9. The number of alkyl halides is 3. The molecule has 1 saturated heterocycles. The van der Waals surface area contributed by atoms with Crippen molar-refractivity contribution in [2.75, 3.05) is 31.1 Å². The van der Waals surface area contributed by atoms with Crippen LogP contribution in [0, 0.1) is 6.92 Å². The fraction of sp³-hybridized carbons (Fsp3) is 0.375. The number of carbonyl (C=O) groups excluding carboxylic acids is 1. The Morgan fingerprint density at radius 1 is 1.12 bits per heavy atom. The number of halogens is 4. The minimum atomic E-state index is -4.52. The molecule has 0 spiro atoms. The van der Waals surface area contributed by atoms with E-state index in [2.05, 4.69) is 30.9 Å². The van der Waals surface area contributed by atoms with Gasteiger partial charge in [0.1, 0.15) is 17.3 Å². The van der Waals surface area contributed by atoms with E-state index >= 15 is 0 Å². The molecule has 2 aromatic rings. The van der Waals surface area contributed by atoms with Crippen LogP contribution in [0.4, 0.5) is 19.0 Å². The van der Waals surface area contributed by atoms with E-state index < -0.39 is 11.9 Å². The van der Waals surface area contributed by atoms with Gasteiger partial charge in [-0.2, -0.15) is 13.2 Å². The van der Waals surface area contributed by atoms with Crippen molar-refractivity contribution >= 4 is 27.7 Å². The van der Waals surface area contributed by atoms with Gasteiger partial charge in [-0.05, 0) is 28.9 Å². The Balaban J connectivity index is 1.71. The highest BCUT2D eigenvalue weighted by molar-refractivity contribution is 9.10. The Kier molecular flexibility index (Phi) is 5.12. The van der Waals surface area contributed by atoms with Crippen LogP contribution in [0.25, 0.3) is 0 Å². The number of pyridine rings is 1. The third-order valence-corrected chi connectivity index (χ3v) is 4.39. The number of amides is 1. The second kappa shape index (κ2) is 7.18. The molecule has 10 heteroatoms. The van der Waals surface area contributed by atoms with Crippen LogP contribution >= 0.6 is 15.9 Å². The zero-order chi connectivity index (χ0) is 18.9. The molecule has 6 nitrogen and oxygen atoms in total. The third-order valence-electron chi connectivity index (χ3n) is 3.96. The number of hydrogen-bond acceptors (Lipinski definition) is 5. The smallest absolute Gasteiger partial charge is 0.353 e. The Hall–Kier alpha value is -2.23. The lowest BCUT2D eigenvalue weighted by molar-refractivity contribution is -0.141. The molecule has 1 amide bonds. The van der Waals surface area contributed by atoms with Crippen LogP contribution < -0.4 is 4.90 Å². The van der Waals surface area contributed by atoms with Crippen LogP contribution in [0.3, 0.4) is 0 Å². The number of aryl methyl sites for hydroxylation is 1. The lowest BCUT2D eigenvalue weighted by atomic mass is 10.2. The Morgan fingerprint density at radius 2 is 1.81 bits per heavy atom. The predicted octanol–water partition coefficient (Wildman–Crippen LogP) is 2.92. The average molecular weight is 430 g/mol. The standard InChI is InChI=1S/C16H15BrF3N5O/c1-10-22-13(16(18,19)20)7-14(23-10)24-2-4-25(5-3-24)15(26)11-6-12(17)9-21-8-11/h6-9H,2-5H2,1H3. The summed E-state index contributed by atoms with van der Waals surface area (Å²) in [6.45, 7) is 2.98. The molecule has 0 unspecified atom stereocenters. The van der Waals surface area contributed by atoms with Crippen molar-refractivity contribution in [2.24, 2.45) is 0 Å². The zero-order valence-electron chi connectivity index (χ0n) is 13.8. The molecule has 3 heterocycles. The summed E-state index contributed by atoms with van der Waals surface area (Å²) in [5.74, 6) is 0.128. The molecule has 26 heavy (non-hydrogen) atoms. The molecule has 1 aliphatic heterocycles. The predicted molar refractivity (Wildman–Crippen MR) is 91.8 cm³/mol. The van der Waals surface area contributed by atoms with E-state index in [0.29, 0.717) is 36.2 Å². The molecule has 1 aliphatic rings. The van der Waals surface area contributed by atoms with Gasteiger partial charge in [0.15, 0.2) is 0 Å². The van der Waals surface area contributed by atoms with Crippen LogP contribution in [0.5, 0.6) is 0 Å². The molecule has 0 bridgehead atoms. The highest BCUT2D eigenvalue weighted by Gasteiger charge is 2.34. The largest absolute Gasteiger partial charge is 0.433 e. The van der Waals surface area contributed by atoms with E-state index in [1.54, 1.807) is 22.1 Å². The minimum Gasteiger partial charge on any atom is -0.353 e. The Morgan fingerprint density at radius 3 is 2.42 bits per heavy atom. The third kappa shape index (κ3) is 4.12. The molecule has 1 fully saturated rings. The van der Waals surface area contributed by atoms with Gasteiger partial charge in [-0.3, -0.25) is 9.78 Å². The first kappa shape index (κ1) is 18.6. The first-order chi connectivity index (χ1) is 12.2. The van der Waals surface area contributed by atoms with Gasteiger partial charge in [-0.1, -0.05) is 0 Å². The summed E-state index contributed by atoms with van der Waals surface area (Å²) in [6, 6.07) is 2.63. The summed E-state index contributed by atoms with van der Waals surface area (Å²) in [5, 5.41) is 0. The molecular formula is C16H15BrF3N5O. The van der Waals surface area contributed by atoms with Crippen molar-refractivity contribution < 1.29 is 18.0 Å². The van der Waals surface area contributed by atoms with E-state index in [1.165, 1.54) is 13.1 Å². The van der Waals surface area contributed by atoms with Crippen molar-refractivity contribution in [3.8, 4) is 0 Å². The SMILES string of the molecule is Cc1nc(N2CCN(C(=O)c3cncc(Br)c3)CC2)cc(C(F)(F)F)n1. The highest BCUT2D eigenvalue weighted by Crippen LogP contribution is 2.30. The lowest BCUT2D eigenvalue weighted by Gasteiger charge is -2.35. The molecule has 0 aromatic carbocycles. The number of aromatic nitrogens is 3. The second-order valence-corrected chi connectivity index (χ2v) is 6.74. The maximum absolute atomic E-state index is 12.9. The van der Waals surface area contributed by atoms with Gasteiger partial charge in [0, 0.05) is 49.1 Å². The van der Waals surface area contributed by atoms with E-state index in [4.69, 9.17) is 0 Å². The highest BCUT2D eigenvalue weighted by atomic mass is 79.9. The number of nitrogens with zero attached hydrogens (tertiary/aromatic N) is 5. The van der Waals surface area contributed by atoms with Crippen molar-refractivity contribution in [1.29, 1.82) is 0 Å². The van der Waals surface area contributed by atoms with Gasteiger partial charge in [0.05, 0.1) is 5.56 Å². The topological polar surface area (TPSA) is 62.2 Å². The fourth-order valence-corrected chi connectivity index (χ4v) is 3.07. The molecule has 3 rings (SSSR count). The van der Waals surface area contributed by atoms with E-state index in [1.807, 2.05) is 0 Å². The van der Waals surface area contributed by atoms with Gasteiger partial charge >= 0.3 is 6.18 Å². The molecule has 2 aromatic heterocycles. The first-order valence-corrected chi connectivity index (χ1v) is 8.61. The van der Waals surface area contributed by atoms with E-state index in [-0.39, 0.29) is 17.5 Å². The van der Waals surface area contributed by atoms with Crippen LogP contribution in [-0.2, 0) is 6.18 Å². The normalized spacial score (nSPS) is 15.3. The molecule has 0 aliphatic carbocycles. The van der Waals surface area contributed by atoms with Crippen LogP contribution in [0.1, 0.15) is 21.9 Å². The number of hydrogen-bond donors (Lipinski definition) is 0. The number of carbonyl (C=O) groups is 1. The summed E-state index contributed by atoms with van der Waals surface area (Å²) < 4.78 is 39.5. The molecule has 0 N–H and O–H groups in total. The Labute approximate surface area is 156 Å². The summed E-state index contributed by atoms with van der Waals surface area (Å²) in [5.41, 5.74) is -0.497. The fourth-order valence-electron chi connectivity index (χ4n) is 2.71. The number of rotatable bonds is 2. The van der Waals surface area contributed by atoms with E-state index in [9.17, 15) is 18.0 Å². The Bertz CT molecular complexity index is 822. The van der Waals surface area contributed by atoms with Gasteiger partial charge < -0.3 is 9.80 Å². The summed E-state index contributed by atoms with van der Waals surface area (Å²) in [4.78, 5) is 27.4. The zero-order valence-corrected chi connectivity index (χ0v) is 15.4. The van der Waals surface area contributed by atoms with Crippen LogP contribution in [-0.4, -0.2) is 51.9 Å². The van der Waals surface area contributed by atoms with Gasteiger partial charge in [-0.25, -0.2) is 9.97 Å². The minimum absolute atomic E-state index is 0.0635. The summed E-state index contributed by atoms with van der Waals surface area (Å²) >= 11 is 3.28. The van der Waals surface area contributed by atoms with Gasteiger partial charge in [-0.15, -0.1) is 0 Å². The maximum Gasteiger partial charge on any atom is 0.433 e. The van der Waals surface area contributed by atoms with Crippen molar-refractivity contribution in [3.05, 3.63) is 46.1 Å². The van der Waals surface area contributed by atoms with Crippen LogP contribution in [0.15, 0.2) is 29.0 Å². The summed E-state index contributed by atoms with van der Waals surface area (Å²) in [7, 11) is 0. The number of anilines is 1. The monoisotopic (exact) mass is 429 g/mol. The van der Waals surface area contributed by atoms with Crippen molar-refractivity contribution in [3.63, 3.8) is 0 Å². The van der Waals surface area contributed by atoms with Gasteiger partial charge in [0.25, 0.3) is 5.91 Å². The number of piperazine rings is 1. The van der Waals surface area contributed by atoms with E-state index in [0.717, 1.165) is 6.07 Å².